The van der Waals surface area contributed by atoms with Crippen molar-refractivity contribution in [3.8, 4) is 0 Å². The zero-order valence-electron chi connectivity index (χ0n) is 7.30. The van der Waals surface area contributed by atoms with E-state index in [-0.39, 0.29) is 12.4 Å². The number of hydrogen-bond donors (Lipinski definition) is 1. The second-order valence-corrected chi connectivity index (χ2v) is 2.70. The summed E-state index contributed by atoms with van der Waals surface area (Å²) in [7, 11) is 0. The molecule has 6 heteroatoms. The van der Waals surface area contributed by atoms with E-state index in [0.717, 1.165) is 5.69 Å². The lowest BCUT2D eigenvalue weighted by atomic mass is 10.4. The zero-order chi connectivity index (χ0) is 9.84. The molecule has 1 heterocycles. The molecule has 0 aliphatic heterocycles. The minimum atomic E-state index is -0.525. The topological polar surface area (TPSA) is 81.2 Å². The van der Waals surface area contributed by atoms with Crippen molar-refractivity contribution in [1.82, 2.24) is 9.78 Å². The molecule has 0 aromatic carbocycles. The lowest BCUT2D eigenvalue weighted by molar-refractivity contribution is -0.389. The van der Waals surface area contributed by atoms with E-state index in [2.05, 4.69) is 5.10 Å². The van der Waals surface area contributed by atoms with E-state index in [4.69, 9.17) is 5.11 Å². The number of aryl methyl sites for hydroxylation is 2. The van der Waals surface area contributed by atoms with Crippen LogP contribution in [0.4, 0.5) is 5.82 Å². The van der Waals surface area contributed by atoms with Crippen LogP contribution < -0.4 is 0 Å². The number of nitrogens with zero attached hydrogens (tertiary/aromatic N) is 3. The Labute approximate surface area is 74.9 Å². The molecule has 0 saturated carbocycles. The van der Waals surface area contributed by atoms with Crippen molar-refractivity contribution in [3.63, 3.8) is 0 Å². The Morgan fingerprint density at radius 2 is 2.46 bits per heavy atom. The maximum atomic E-state index is 10.3. The summed E-state index contributed by atoms with van der Waals surface area (Å²) in [6.45, 7) is 2.32. The second kappa shape index (κ2) is 3.99. The van der Waals surface area contributed by atoms with Gasteiger partial charge in [-0.3, -0.25) is 0 Å². The lowest BCUT2D eigenvalue weighted by Crippen LogP contribution is -2.04. The van der Waals surface area contributed by atoms with E-state index in [0.29, 0.717) is 13.0 Å². The SMILES string of the molecule is Cc1cc([N+](=O)[O-])nn1CCCO. The predicted molar refractivity (Wildman–Crippen MR) is 45.3 cm³/mol. The molecular formula is C7H11N3O3. The fraction of sp³-hybridized carbons (Fsp3) is 0.571. The standard InChI is InChI=1S/C7H11N3O3/c1-6-5-7(10(12)13)8-9(6)3-2-4-11/h5,11H,2-4H2,1H3. The molecule has 6 nitrogen and oxygen atoms in total. The molecule has 0 unspecified atom stereocenters. The van der Waals surface area contributed by atoms with E-state index in [1.54, 1.807) is 6.92 Å². The summed E-state index contributed by atoms with van der Waals surface area (Å²) >= 11 is 0. The van der Waals surface area contributed by atoms with Crippen LogP contribution in [0.2, 0.25) is 0 Å². The molecule has 1 N–H and O–H groups in total. The molecule has 1 aromatic rings. The highest BCUT2D eigenvalue weighted by Gasteiger charge is 2.14. The van der Waals surface area contributed by atoms with Crippen LogP contribution in [-0.2, 0) is 6.54 Å². The molecule has 1 rings (SSSR count). The van der Waals surface area contributed by atoms with Crippen LogP contribution in [0.25, 0.3) is 0 Å². The Morgan fingerprint density at radius 1 is 1.77 bits per heavy atom. The van der Waals surface area contributed by atoms with Crippen molar-refractivity contribution in [1.29, 1.82) is 0 Å². The highest BCUT2D eigenvalue weighted by atomic mass is 16.6. The van der Waals surface area contributed by atoms with Gasteiger partial charge in [-0.2, -0.15) is 4.68 Å². The molecule has 0 atom stereocenters. The van der Waals surface area contributed by atoms with Crippen LogP contribution in [0.3, 0.4) is 0 Å². The third-order valence-electron chi connectivity index (χ3n) is 1.68. The van der Waals surface area contributed by atoms with Gasteiger partial charge in [0.25, 0.3) is 0 Å². The van der Waals surface area contributed by atoms with Gasteiger partial charge in [0, 0.05) is 6.61 Å². The summed E-state index contributed by atoms with van der Waals surface area (Å²) in [6, 6.07) is 1.41. The summed E-state index contributed by atoms with van der Waals surface area (Å²) in [5.74, 6) is -0.143. The Kier molecular flexibility index (Phi) is 2.97. The van der Waals surface area contributed by atoms with Gasteiger partial charge in [-0.05, 0) is 18.3 Å². The molecule has 0 amide bonds. The third kappa shape index (κ3) is 2.25. The van der Waals surface area contributed by atoms with Gasteiger partial charge < -0.3 is 15.2 Å². The molecular weight excluding hydrogens is 174 g/mol. The van der Waals surface area contributed by atoms with Crippen molar-refractivity contribution in [2.75, 3.05) is 6.61 Å². The Hall–Kier alpha value is -1.43. The number of rotatable bonds is 4. The van der Waals surface area contributed by atoms with Crippen LogP contribution in [0.15, 0.2) is 6.07 Å². The van der Waals surface area contributed by atoms with Crippen molar-refractivity contribution >= 4 is 5.82 Å². The predicted octanol–water partition coefficient (Wildman–Crippen LogP) is 0.482. The van der Waals surface area contributed by atoms with Gasteiger partial charge in [-0.15, -0.1) is 0 Å². The first-order valence-corrected chi connectivity index (χ1v) is 3.95. The van der Waals surface area contributed by atoms with Gasteiger partial charge in [-0.1, -0.05) is 0 Å². The second-order valence-electron chi connectivity index (χ2n) is 2.70. The maximum absolute atomic E-state index is 10.3. The number of aliphatic hydroxyl groups is 1. The Bertz CT molecular complexity index is 308. The van der Waals surface area contributed by atoms with Gasteiger partial charge in [-0.25, -0.2) is 0 Å². The van der Waals surface area contributed by atoms with E-state index >= 15 is 0 Å². The molecule has 0 radical (unpaired) electrons. The average molecular weight is 185 g/mol. The van der Waals surface area contributed by atoms with Crippen LogP contribution in [0, 0.1) is 17.0 Å². The molecule has 0 saturated heterocycles. The molecule has 1 aromatic heterocycles. The summed E-state index contributed by atoms with van der Waals surface area (Å²) < 4.78 is 1.52. The lowest BCUT2D eigenvalue weighted by Gasteiger charge is -1.95. The van der Waals surface area contributed by atoms with Gasteiger partial charge in [0.15, 0.2) is 0 Å². The fourth-order valence-corrected chi connectivity index (χ4v) is 1.03. The minimum Gasteiger partial charge on any atom is -0.396 e. The molecule has 72 valence electrons. The van der Waals surface area contributed by atoms with E-state index in [1.807, 2.05) is 0 Å². The minimum absolute atomic E-state index is 0.0626. The quantitative estimate of drug-likeness (QED) is 0.546. The monoisotopic (exact) mass is 185 g/mol. The number of aromatic nitrogens is 2. The highest BCUT2D eigenvalue weighted by molar-refractivity contribution is 5.20. The van der Waals surface area contributed by atoms with Gasteiger partial charge in [0.05, 0.1) is 23.4 Å². The van der Waals surface area contributed by atoms with Crippen molar-refractivity contribution in [2.24, 2.45) is 0 Å². The van der Waals surface area contributed by atoms with Crippen molar-refractivity contribution < 1.29 is 10.0 Å². The summed E-state index contributed by atoms with van der Waals surface area (Å²) in [6.07, 6.45) is 0.555. The zero-order valence-corrected chi connectivity index (χ0v) is 7.30. The molecule has 0 spiro atoms. The van der Waals surface area contributed by atoms with Crippen LogP contribution in [0.5, 0.6) is 0 Å². The summed E-state index contributed by atoms with van der Waals surface area (Å²) in [5, 5.41) is 22.6. The molecule has 0 bridgehead atoms. The number of nitro groups is 1. The normalized spacial score (nSPS) is 10.3. The smallest absolute Gasteiger partial charge is 0.390 e. The van der Waals surface area contributed by atoms with Gasteiger partial charge >= 0.3 is 5.82 Å². The van der Waals surface area contributed by atoms with Crippen LogP contribution in [-0.4, -0.2) is 26.4 Å². The van der Waals surface area contributed by atoms with E-state index < -0.39 is 4.92 Å². The van der Waals surface area contributed by atoms with Gasteiger partial charge in [0.1, 0.15) is 0 Å². The third-order valence-corrected chi connectivity index (χ3v) is 1.68. The van der Waals surface area contributed by atoms with Gasteiger partial charge in [0.2, 0.25) is 0 Å². The molecule has 0 aliphatic rings. The summed E-state index contributed by atoms with van der Waals surface area (Å²) in [4.78, 5) is 9.80. The molecule has 0 fully saturated rings. The van der Waals surface area contributed by atoms with Crippen molar-refractivity contribution in [2.45, 2.75) is 19.9 Å². The summed E-state index contributed by atoms with van der Waals surface area (Å²) in [5.41, 5.74) is 0.736. The Balaban J connectivity index is 2.77. The van der Waals surface area contributed by atoms with Crippen LogP contribution >= 0.6 is 0 Å². The largest absolute Gasteiger partial charge is 0.396 e. The molecule has 0 aliphatic carbocycles. The number of aliphatic hydroxyl groups excluding tert-OH is 1. The first-order valence-electron chi connectivity index (χ1n) is 3.95. The Morgan fingerprint density at radius 3 is 2.92 bits per heavy atom. The van der Waals surface area contributed by atoms with E-state index in [9.17, 15) is 10.1 Å². The van der Waals surface area contributed by atoms with Crippen LogP contribution in [0.1, 0.15) is 12.1 Å². The first kappa shape index (κ1) is 9.66. The maximum Gasteiger partial charge on any atom is 0.390 e. The highest BCUT2D eigenvalue weighted by Crippen LogP contribution is 2.10. The average Bonchev–Trinajstić information content (AvgIpc) is 2.44. The van der Waals surface area contributed by atoms with E-state index in [1.165, 1.54) is 10.7 Å². The van der Waals surface area contributed by atoms with Crippen molar-refractivity contribution in [3.05, 3.63) is 21.9 Å². The number of hydrogen-bond acceptors (Lipinski definition) is 4. The first-order chi connectivity index (χ1) is 6.15. The molecule has 13 heavy (non-hydrogen) atoms. The fourth-order valence-electron chi connectivity index (χ4n) is 1.03.